The minimum atomic E-state index is -0.0462. The lowest BCUT2D eigenvalue weighted by Gasteiger charge is -2.17. The number of fused-ring (bicyclic) bond motifs is 2. The van der Waals surface area contributed by atoms with E-state index in [1.165, 1.54) is 29.5 Å². The van der Waals surface area contributed by atoms with E-state index >= 15 is 0 Å². The van der Waals surface area contributed by atoms with Crippen LogP contribution < -0.4 is 5.32 Å². The van der Waals surface area contributed by atoms with Crippen LogP contribution in [0, 0.1) is 0 Å². The molecular formula is C23H23N3O. The molecule has 0 saturated carbocycles. The van der Waals surface area contributed by atoms with Crippen molar-refractivity contribution in [1.29, 1.82) is 0 Å². The average Bonchev–Trinajstić information content (AvgIpc) is 3.31. The fraction of sp³-hybridized carbons (Fsp3) is 0.304. The third-order valence-corrected chi connectivity index (χ3v) is 5.75. The van der Waals surface area contributed by atoms with Gasteiger partial charge in [0.2, 0.25) is 0 Å². The minimum absolute atomic E-state index is 0.0462. The molecule has 0 radical (unpaired) electrons. The van der Waals surface area contributed by atoms with Gasteiger partial charge >= 0.3 is 0 Å². The smallest absolute Gasteiger partial charge is 0.256 e. The summed E-state index contributed by atoms with van der Waals surface area (Å²) in [5.74, 6) is 0.784. The molecule has 5 rings (SSSR count). The maximum absolute atomic E-state index is 13.0. The Morgan fingerprint density at radius 2 is 1.70 bits per heavy atom. The number of nitrogens with one attached hydrogen (secondary N) is 1. The molecule has 0 spiro atoms. The molecule has 0 aliphatic heterocycles. The van der Waals surface area contributed by atoms with Crippen LogP contribution in [0.5, 0.6) is 0 Å². The van der Waals surface area contributed by atoms with Gasteiger partial charge in [-0.1, -0.05) is 24.3 Å². The SMILES string of the molecule is O=C(Nc1c2c(nn1-c1ccccc1)CCC2)c1ccc2c(c1)CCCC2. The topological polar surface area (TPSA) is 46.9 Å². The monoisotopic (exact) mass is 357 g/mol. The van der Waals surface area contributed by atoms with Crippen molar-refractivity contribution in [3.63, 3.8) is 0 Å². The Kier molecular flexibility index (Phi) is 4.04. The summed E-state index contributed by atoms with van der Waals surface area (Å²) >= 11 is 0. The highest BCUT2D eigenvalue weighted by Crippen LogP contribution is 2.31. The molecule has 0 unspecified atom stereocenters. The molecule has 0 saturated heterocycles. The van der Waals surface area contributed by atoms with E-state index in [1.54, 1.807) is 0 Å². The second-order valence-corrected chi connectivity index (χ2v) is 7.52. The Labute approximate surface area is 159 Å². The van der Waals surface area contributed by atoms with Gasteiger partial charge in [-0.05, 0) is 80.3 Å². The number of nitrogens with zero attached hydrogens (tertiary/aromatic N) is 2. The third kappa shape index (κ3) is 2.95. The molecule has 1 N–H and O–H groups in total. The summed E-state index contributed by atoms with van der Waals surface area (Å²) in [5, 5.41) is 7.95. The van der Waals surface area contributed by atoms with Gasteiger partial charge in [0.25, 0.3) is 5.91 Å². The first-order valence-electron chi connectivity index (χ1n) is 9.89. The molecule has 4 nitrogen and oxygen atoms in total. The first kappa shape index (κ1) is 16.3. The Bertz CT molecular complexity index is 1000. The lowest BCUT2D eigenvalue weighted by molar-refractivity contribution is 0.102. The van der Waals surface area contributed by atoms with Crippen molar-refractivity contribution in [2.24, 2.45) is 0 Å². The van der Waals surface area contributed by atoms with E-state index in [4.69, 9.17) is 5.10 Å². The summed E-state index contributed by atoms with van der Waals surface area (Å²) in [6.07, 6.45) is 7.74. The maximum Gasteiger partial charge on any atom is 0.256 e. The van der Waals surface area contributed by atoms with Gasteiger partial charge in [-0.2, -0.15) is 5.10 Å². The molecule has 4 heteroatoms. The summed E-state index contributed by atoms with van der Waals surface area (Å²) < 4.78 is 1.89. The number of anilines is 1. The van der Waals surface area contributed by atoms with Crippen molar-refractivity contribution in [3.05, 3.63) is 76.5 Å². The zero-order valence-electron chi connectivity index (χ0n) is 15.4. The molecule has 2 aliphatic rings. The van der Waals surface area contributed by atoms with E-state index in [1.807, 2.05) is 41.1 Å². The van der Waals surface area contributed by atoms with Crippen LogP contribution in [0.2, 0.25) is 0 Å². The summed E-state index contributed by atoms with van der Waals surface area (Å²) in [4.78, 5) is 13.0. The van der Waals surface area contributed by atoms with Gasteiger partial charge in [0.05, 0.1) is 11.4 Å². The number of aromatic nitrogens is 2. The van der Waals surface area contributed by atoms with Gasteiger partial charge < -0.3 is 5.32 Å². The normalized spacial score (nSPS) is 15.3. The van der Waals surface area contributed by atoms with Crippen LogP contribution in [0.25, 0.3) is 5.69 Å². The van der Waals surface area contributed by atoms with E-state index in [0.29, 0.717) is 0 Å². The van der Waals surface area contributed by atoms with Crippen molar-refractivity contribution in [2.45, 2.75) is 44.9 Å². The number of carbonyl (C=O) groups excluding carboxylic acids is 1. The van der Waals surface area contributed by atoms with Crippen LogP contribution in [0.3, 0.4) is 0 Å². The number of para-hydroxylation sites is 1. The number of benzene rings is 2. The molecule has 0 bridgehead atoms. The highest BCUT2D eigenvalue weighted by atomic mass is 16.1. The minimum Gasteiger partial charge on any atom is -0.306 e. The molecule has 1 amide bonds. The summed E-state index contributed by atoms with van der Waals surface area (Å²) in [6, 6.07) is 16.2. The van der Waals surface area contributed by atoms with Gasteiger partial charge in [-0.15, -0.1) is 0 Å². The highest BCUT2D eigenvalue weighted by molar-refractivity contribution is 6.04. The lowest BCUT2D eigenvalue weighted by atomic mass is 9.90. The van der Waals surface area contributed by atoms with Crippen molar-refractivity contribution < 1.29 is 4.79 Å². The van der Waals surface area contributed by atoms with E-state index < -0.39 is 0 Å². The lowest BCUT2D eigenvalue weighted by Crippen LogP contribution is -2.17. The molecule has 27 heavy (non-hydrogen) atoms. The summed E-state index contributed by atoms with van der Waals surface area (Å²) in [5.41, 5.74) is 6.74. The Balaban J connectivity index is 1.49. The largest absolute Gasteiger partial charge is 0.306 e. The predicted molar refractivity (Wildman–Crippen MR) is 107 cm³/mol. The van der Waals surface area contributed by atoms with Crippen LogP contribution in [0.15, 0.2) is 48.5 Å². The first-order valence-corrected chi connectivity index (χ1v) is 9.89. The zero-order valence-corrected chi connectivity index (χ0v) is 15.4. The molecule has 1 heterocycles. The fourth-order valence-corrected chi connectivity index (χ4v) is 4.33. The zero-order chi connectivity index (χ0) is 18.2. The first-order chi connectivity index (χ1) is 13.3. The van der Waals surface area contributed by atoms with E-state index in [2.05, 4.69) is 17.4 Å². The third-order valence-electron chi connectivity index (χ3n) is 5.75. The molecule has 1 aromatic heterocycles. The Morgan fingerprint density at radius 1 is 0.889 bits per heavy atom. The molecule has 0 fully saturated rings. The average molecular weight is 357 g/mol. The number of hydrogen-bond acceptors (Lipinski definition) is 2. The standard InChI is InChI=1S/C23H23N3O/c27-23(18-14-13-16-7-4-5-8-17(16)15-18)24-22-20-11-6-12-21(20)25-26(22)19-9-2-1-3-10-19/h1-3,9-10,13-15H,4-8,11-12H2,(H,24,27). The molecule has 2 aliphatic carbocycles. The number of rotatable bonds is 3. The highest BCUT2D eigenvalue weighted by Gasteiger charge is 2.24. The molecular weight excluding hydrogens is 334 g/mol. The van der Waals surface area contributed by atoms with Crippen LogP contribution in [-0.2, 0) is 25.7 Å². The van der Waals surface area contributed by atoms with Crippen LogP contribution in [0.1, 0.15) is 52.0 Å². The number of carbonyl (C=O) groups is 1. The second-order valence-electron chi connectivity index (χ2n) is 7.52. The summed E-state index contributed by atoms with van der Waals surface area (Å²) in [7, 11) is 0. The fourth-order valence-electron chi connectivity index (χ4n) is 4.33. The van der Waals surface area contributed by atoms with Gasteiger partial charge in [-0.3, -0.25) is 4.79 Å². The molecule has 3 aromatic rings. The Morgan fingerprint density at radius 3 is 2.56 bits per heavy atom. The van der Waals surface area contributed by atoms with Gasteiger partial charge in [0.15, 0.2) is 0 Å². The van der Waals surface area contributed by atoms with Gasteiger partial charge in [0.1, 0.15) is 5.82 Å². The van der Waals surface area contributed by atoms with Crippen LogP contribution in [0.4, 0.5) is 5.82 Å². The second kappa shape index (κ2) is 6.69. The van der Waals surface area contributed by atoms with Gasteiger partial charge in [-0.25, -0.2) is 4.68 Å². The van der Waals surface area contributed by atoms with Crippen LogP contribution in [-0.4, -0.2) is 15.7 Å². The molecule has 136 valence electrons. The maximum atomic E-state index is 13.0. The van der Waals surface area contributed by atoms with Crippen LogP contribution >= 0.6 is 0 Å². The summed E-state index contributed by atoms with van der Waals surface area (Å²) in [6.45, 7) is 0. The quantitative estimate of drug-likeness (QED) is 0.751. The van der Waals surface area contributed by atoms with E-state index in [9.17, 15) is 4.79 Å². The molecule has 0 atom stereocenters. The number of aryl methyl sites for hydroxylation is 3. The van der Waals surface area contributed by atoms with E-state index in [-0.39, 0.29) is 5.91 Å². The van der Waals surface area contributed by atoms with Crippen molar-refractivity contribution in [1.82, 2.24) is 9.78 Å². The van der Waals surface area contributed by atoms with E-state index in [0.717, 1.165) is 54.9 Å². The van der Waals surface area contributed by atoms with Gasteiger partial charge in [0, 0.05) is 11.1 Å². The molecule has 2 aromatic carbocycles. The Hall–Kier alpha value is -2.88. The van der Waals surface area contributed by atoms with Crippen molar-refractivity contribution >= 4 is 11.7 Å². The predicted octanol–water partition coefficient (Wildman–Crippen LogP) is 4.49. The number of hydrogen-bond donors (Lipinski definition) is 1. The number of amides is 1. The van der Waals surface area contributed by atoms with Crippen molar-refractivity contribution in [3.8, 4) is 5.69 Å². The van der Waals surface area contributed by atoms with Crippen molar-refractivity contribution in [2.75, 3.05) is 5.32 Å².